The number of anilines is 3. The molecule has 2 N–H and O–H groups in total. The molecule has 25 heavy (non-hydrogen) atoms. The zero-order valence-corrected chi connectivity index (χ0v) is 15.1. The van der Waals surface area contributed by atoms with Gasteiger partial charge in [-0.1, -0.05) is 23.5 Å². The lowest BCUT2D eigenvalue weighted by Crippen LogP contribution is -2.03. The van der Waals surface area contributed by atoms with Crippen molar-refractivity contribution in [2.75, 3.05) is 30.9 Å². The SMILES string of the molecule is COCCCNc1ncc(-c2cncc(Nc3cccc(C)c3)n2)s1. The van der Waals surface area contributed by atoms with E-state index in [0.29, 0.717) is 5.82 Å². The van der Waals surface area contributed by atoms with Crippen molar-refractivity contribution in [2.24, 2.45) is 0 Å². The van der Waals surface area contributed by atoms with E-state index in [-0.39, 0.29) is 0 Å². The molecule has 0 radical (unpaired) electrons. The van der Waals surface area contributed by atoms with E-state index in [4.69, 9.17) is 4.74 Å². The fraction of sp³-hybridized carbons (Fsp3) is 0.278. The van der Waals surface area contributed by atoms with Gasteiger partial charge in [0.05, 0.1) is 17.3 Å². The molecular weight excluding hydrogens is 334 g/mol. The number of nitrogens with zero attached hydrogens (tertiary/aromatic N) is 3. The quantitative estimate of drug-likeness (QED) is 0.593. The van der Waals surface area contributed by atoms with E-state index in [2.05, 4.69) is 44.6 Å². The van der Waals surface area contributed by atoms with Crippen LogP contribution in [0, 0.1) is 6.92 Å². The minimum absolute atomic E-state index is 0.714. The highest BCUT2D eigenvalue weighted by molar-refractivity contribution is 7.18. The second-order valence-electron chi connectivity index (χ2n) is 5.59. The van der Waals surface area contributed by atoms with E-state index < -0.39 is 0 Å². The number of nitrogens with one attached hydrogen (secondary N) is 2. The third kappa shape index (κ3) is 4.98. The van der Waals surface area contributed by atoms with Crippen LogP contribution in [0.3, 0.4) is 0 Å². The molecule has 0 atom stereocenters. The Labute approximate surface area is 151 Å². The van der Waals surface area contributed by atoms with Gasteiger partial charge in [-0.25, -0.2) is 9.97 Å². The first-order valence-corrected chi connectivity index (χ1v) is 8.91. The Morgan fingerprint density at radius 2 is 2.12 bits per heavy atom. The first-order chi connectivity index (χ1) is 12.2. The smallest absolute Gasteiger partial charge is 0.183 e. The molecule has 0 aliphatic rings. The van der Waals surface area contributed by atoms with E-state index in [1.165, 1.54) is 5.56 Å². The van der Waals surface area contributed by atoms with Crippen molar-refractivity contribution in [2.45, 2.75) is 13.3 Å². The molecule has 1 aromatic carbocycles. The zero-order chi connectivity index (χ0) is 17.5. The standard InChI is InChI=1S/C18H21N5OS/c1-13-5-3-6-14(9-13)22-17-12-19-10-15(23-17)16-11-21-18(25-16)20-7-4-8-24-2/h3,5-6,9-12H,4,7-8H2,1-2H3,(H,20,21)(H,22,23). The van der Waals surface area contributed by atoms with Crippen LogP contribution in [-0.4, -0.2) is 35.2 Å². The fourth-order valence-electron chi connectivity index (χ4n) is 2.30. The first kappa shape index (κ1) is 17.3. The monoisotopic (exact) mass is 355 g/mol. The van der Waals surface area contributed by atoms with Gasteiger partial charge in [-0.2, -0.15) is 0 Å². The molecule has 130 valence electrons. The van der Waals surface area contributed by atoms with Gasteiger partial charge >= 0.3 is 0 Å². The summed E-state index contributed by atoms with van der Waals surface area (Å²) >= 11 is 1.57. The Bertz CT molecular complexity index is 820. The van der Waals surface area contributed by atoms with Crippen molar-refractivity contribution in [3.63, 3.8) is 0 Å². The van der Waals surface area contributed by atoms with Crippen molar-refractivity contribution < 1.29 is 4.74 Å². The summed E-state index contributed by atoms with van der Waals surface area (Å²) in [6.07, 6.45) is 6.24. The van der Waals surface area contributed by atoms with E-state index in [0.717, 1.165) is 41.0 Å². The highest BCUT2D eigenvalue weighted by Gasteiger charge is 2.07. The van der Waals surface area contributed by atoms with Gasteiger partial charge < -0.3 is 15.4 Å². The van der Waals surface area contributed by atoms with E-state index in [1.54, 1.807) is 30.8 Å². The zero-order valence-electron chi connectivity index (χ0n) is 14.3. The van der Waals surface area contributed by atoms with Gasteiger partial charge in [-0.15, -0.1) is 0 Å². The number of rotatable bonds is 8. The molecule has 0 amide bonds. The maximum Gasteiger partial charge on any atom is 0.183 e. The van der Waals surface area contributed by atoms with Crippen LogP contribution in [0.5, 0.6) is 0 Å². The number of hydrogen-bond donors (Lipinski definition) is 2. The van der Waals surface area contributed by atoms with E-state index in [9.17, 15) is 0 Å². The summed E-state index contributed by atoms with van der Waals surface area (Å²) in [6, 6.07) is 8.16. The van der Waals surface area contributed by atoms with E-state index >= 15 is 0 Å². The number of aromatic nitrogens is 3. The molecule has 0 unspecified atom stereocenters. The number of ether oxygens (including phenoxy) is 1. The van der Waals surface area contributed by atoms with E-state index in [1.807, 2.05) is 18.3 Å². The topological polar surface area (TPSA) is 72.0 Å². The van der Waals surface area contributed by atoms with Crippen LogP contribution in [0.1, 0.15) is 12.0 Å². The van der Waals surface area contributed by atoms with Gasteiger partial charge in [-0.05, 0) is 31.0 Å². The molecule has 0 saturated heterocycles. The minimum atomic E-state index is 0.714. The van der Waals surface area contributed by atoms with Gasteiger partial charge in [0.2, 0.25) is 0 Å². The molecule has 3 rings (SSSR count). The van der Waals surface area contributed by atoms with Crippen LogP contribution >= 0.6 is 11.3 Å². The predicted molar refractivity (Wildman–Crippen MR) is 103 cm³/mol. The number of aryl methyl sites for hydroxylation is 1. The second-order valence-corrected chi connectivity index (χ2v) is 6.62. The maximum atomic E-state index is 5.04. The Balaban J connectivity index is 1.68. The molecule has 3 aromatic rings. The van der Waals surface area contributed by atoms with Crippen LogP contribution in [0.2, 0.25) is 0 Å². The van der Waals surface area contributed by atoms with Crippen molar-refractivity contribution in [1.29, 1.82) is 0 Å². The number of thiazole rings is 1. The Kier molecular flexibility index (Phi) is 5.92. The summed E-state index contributed by atoms with van der Waals surface area (Å²) in [5.74, 6) is 0.714. The molecular formula is C18H21N5OS. The van der Waals surface area contributed by atoms with Crippen molar-refractivity contribution in [3.8, 4) is 10.6 Å². The number of methoxy groups -OCH3 is 1. The molecule has 0 spiro atoms. The largest absolute Gasteiger partial charge is 0.385 e. The second kappa shape index (κ2) is 8.55. The molecule has 2 heterocycles. The lowest BCUT2D eigenvalue weighted by atomic mass is 10.2. The summed E-state index contributed by atoms with van der Waals surface area (Å²) in [4.78, 5) is 14.3. The van der Waals surface area contributed by atoms with Gasteiger partial charge in [0.15, 0.2) is 5.13 Å². The summed E-state index contributed by atoms with van der Waals surface area (Å²) in [5, 5.41) is 7.46. The molecule has 0 bridgehead atoms. The van der Waals surface area contributed by atoms with Gasteiger partial charge in [0.1, 0.15) is 11.5 Å². The Morgan fingerprint density at radius 3 is 2.96 bits per heavy atom. The summed E-state index contributed by atoms with van der Waals surface area (Å²) < 4.78 is 5.04. The molecule has 0 aliphatic carbocycles. The molecule has 2 aromatic heterocycles. The maximum absolute atomic E-state index is 5.04. The van der Waals surface area contributed by atoms with Gasteiger partial charge in [-0.3, -0.25) is 4.98 Å². The molecule has 6 nitrogen and oxygen atoms in total. The average Bonchev–Trinajstić information content (AvgIpc) is 3.08. The summed E-state index contributed by atoms with van der Waals surface area (Å²) in [7, 11) is 1.71. The lowest BCUT2D eigenvalue weighted by Gasteiger charge is -2.06. The minimum Gasteiger partial charge on any atom is -0.385 e. The van der Waals surface area contributed by atoms with Crippen LogP contribution in [0.4, 0.5) is 16.6 Å². The normalized spacial score (nSPS) is 10.6. The molecule has 0 aliphatic heterocycles. The van der Waals surface area contributed by atoms with Crippen LogP contribution in [0.15, 0.2) is 42.9 Å². The first-order valence-electron chi connectivity index (χ1n) is 8.09. The molecule has 0 fully saturated rings. The van der Waals surface area contributed by atoms with Crippen molar-refractivity contribution in [3.05, 3.63) is 48.4 Å². The van der Waals surface area contributed by atoms with Crippen LogP contribution in [-0.2, 0) is 4.74 Å². The van der Waals surface area contributed by atoms with Crippen molar-refractivity contribution in [1.82, 2.24) is 15.0 Å². The highest BCUT2D eigenvalue weighted by Crippen LogP contribution is 2.28. The van der Waals surface area contributed by atoms with Crippen LogP contribution < -0.4 is 10.6 Å². The Morgan fingerprint density at radius 1 is 1.20 bits per heavy atom. The predicted octanol–water partition coefficient (Wildman–Crippen LogP) is 4.10. The lowest BCUT2D eigenvalue weighted by molar-refractivity contribution is 0.198. The summed E-state index contributed by atoms with van der Waals surface area (Å²) in [6.45, 7) is 3.64. The number of hydrogen-bond acceptors (Lipinski definition) is 7. The van der Waals surface area contributed by atoms with Crippen LogP contribution in [0.25, 0.3) is 10.6 Å². The highest BCUT2D eigenvalue weighted by atomic mass is 32.1. The third-order valence-corrected chi connectivity index (χ3v) is 4.46. The van der Waals surface area contributed by atoms with Gasteiger partial charge in [0.25, 0.3) is 0 Å². The summed E-state index contributed by atoms with van der Waals surface area (Å²) in [5.41, 5.74) is 3.00. The average molecular weight is 355 g/mol. The molecule has 0 saturated carbocycles. The molecule has 7 heteroatoms. The Hall–Kier alpha value is -2.51. The fourth-order valence-corrected chi connectivity index (χ4v) is 3.10. The van der Waals surface area contributed by atoms with Gasteiger partial charge in [0, 0.05) is 32.1 Å². The third-order valence-electron chi connectivity index (χ3n) is 3.48. The van der Waals surface area contributed by atoms with Crippen molar-refractivity contribution >= 4 is 28.0 Å². The number of benzene rings is 1.